The van der Waals surface area contributed by atoms with Gasteiger partial charge >= 0.3 is 0 Å². The Morgan fingerprint density at radius 2 is 1.62 bits per heavy atom. The van der Waals surface area contributed by atoms with Crippen LogP contribution in [0, 0.1) is 11.8 Å². The molecule has 1 atom stereocenters. The lowest BCUT2D eigenvalue weighted by Gasteiger charge is -2.12. The Balaban J connectivity index is 2.28. The number of rotatable bonds is 6. The second kappa shape index (κ2) is 6.57. The van der Waals surface area contributed by atoms with Crippen molar-refractivity contribution in [3.8, 4) is 5.75 Å². The first kappa shape index (κ1) is 13.1. The molecule has 0 aliphatic carbocycles. The molecule has 1 rings (SSSR count). The van der Waals surface area contributed by atoms with Crippen LogP contribution in [0.3, 0.4) is 0 Å². The minimum Gasteiger partial charge on any atom is -0.508 e. The van der Waals surface area contributed by atoms with Crippen molar-refractivity contribution < 1.29 is 5.11 Å². The van der Waals surface area contributed by atoms with Gasteiger partial charge in [0.15, 0.2) is 0 Å². The van der Waals surface area contributed by atoms with Crippen molar-refractivity contribution in [1.82, 2.24) is 0 Å². The predicted molar refractivity (Wildman–Crippen MR) is 69.7 cm³/mol. The van der Waals surface area contributed by atoms with Crippen LogP contribution in [0.1, 0.15) is 45.6 Å². The van der Waals surface area contributed by atoms with Crippen LogP contribution in [0.2, 0.25) is 0 Å². The number of phenols is 1. The molecule has 0 fully saturated rings. The molecule has 0 heterocycles. The van der Waals surface area contributed by atoms with Gasteiger partial charge in [0, 0.05) is 0 Å². The summed E-state index contributed by atoms with van der Waals surface area (Å²) in [7, 11) is 0. The molecule has 90 valence electrons. The normalized spacial score (nSPS) is 13.0. The molecule has 1 aromatic carbocycles. The summed E-state index contributed by atoms with van der Waals surface area (Å²) in [4.78, 5) is 0. The van der Waals surface area contributed by atoms with Crippen LogP contribution in [0.5, 0.6) is 5.75 Å². The van der Waals surface area contributed by atoms with E-state index in [0.29, 0.717) is 5.75 Å². The highest BCUT2D eigenvalue weighted by atomic mass is 16.3. The smallest absolute Gasteiger partial charge is 0.115 e. The number of benzene rings is 1. The van der Waals surface area contributed by atoms with E-state index in [1.807, 2.05) is 12.1 Å². The average Bonchev–Trinajstić information content (AvgIpc) is 2.21. The van der Waals surface area contributed by atoms with E-state index >= 15 is 0 Å². The van der Waals surface area contributed by atoms with Crippen molar-refractivity contribution in [3.63, 3.8) is 0 Å². The van der Waals surface area contributed by atoms with E-state index in [2.05, 4.69) is 20.8 Å². The molecule has 0 unspecified atom stereocenters. The molecular formula is C15H24O. The largest absolute Gasteiger partial charge is 0.508 e. The quantitative estimate of drug-likeness (QED) is 0.753. The molecule has 1 heteroatoms. The molecule has 0 saturated heterocycles. The summed E-state index contributed by atoms with van der Waals surface area (Å²) in [5.74, 6) is 1.92. The van der Waals surface area contributed by atoms with Crippen molar-refractivity contribution >= 4 is 0 Å². The topological polar surface area (TPSA) is 20.2 Å². The number of hydrogen-bond acceptors (Lipinski definition) is 1. The monoisotopic (exact) mass is 220 g/mol. The van der Waals surface area contributed by atoms with Crippen molar-refractivity contribution in [2.24, 2.45) is 11.8 Å². The minimum absolute atomic E-state index is 0.358. The lowest BCUT2D eigenvalue weighted by Crippen LogP contribution is -2.00. The molecule has 0 saturated carbocycles. The Bertz CT molecular complexity index is 287. The lowest BCUT2D eigenvalue weighted by molar-refractivity contribution is 0.455. The van der Waals surface area contributed by atoms with Gasteiger partial charge in [-0.25, -0.2) is 0 Å². The zero-order valence-corrected chi connectivity index (χ0v) is 10.7. The first-order valence-corrected chi connectivity index (χ1v) is 6.36. The van der Waals surface area contributed by atoms with E-state index in [1.165, 1.54) is 24.8 Å². The minimum atomic E-state index is 0.358. The van der Waals surface area contributed by atoms with Gasteiger partial charge in [0.05, 0.1) is 0 Å². The molecule has 1 nitrogen and oxygen atoms in total. The first-order valence-electron chi connectivity index (χ1n) is 6.36. The van der Waals surface area contributed by atoms with E-state index in [0.717, 1.165) is 18.3 Å². The Labute approximate surface area is 99.5 Å². The van der Waals surface area contributed by atoms with Crippen LogP contribution in [0.25, 0.3) is 0 Å². The number of phenolic OH excluding ortho intramolecular Hbond substituents is 1. The van der Waals surface area contributed by atoms with Crippen LogP contribution >= 0.6 is 0 Å². The van der Waals surface area contributed by atoms with Gasteiger partial charge in [0.2, 0.25) is 0 Å². The van der Waals surface area contributed by atoms with Crippen LogP contribution in [-0.2, 0) is 6.42 Å². The highest BCUT2D eigenvalue weighted by Crippen LogP contribution is 2.18. The molecule has 1 N–H and O–H groups in total. The van der Waals surface area contributed by atoms with Gasteiger partial charge in [-0.1, -0.05) is 52.2 Å². The van der Waals surface area contributed by atoms with Crippen molar-refractivity contribution in [2.75, 3.05) is 0 Å². The Morgan fingerprint density at radius 3 is 2.19 bits per heavy atom. The third-order valence-corrected chi connectivity index (χ3v) is 3.00. The number of aromatic hydroxyl groups is 1. The SMILES string of the molecule is CC(C)CCC[C@H](C)Cc1ccc(O)cc1. The van der Waals surface area contributed by atoms with Crippen molar-refractivity contribution in [2.45, 2.75) is 46.5 Å². The van der Waals surface area contributed by atoms with E-state index in [-0.39, 0.29) is 0 Å². The molecule has 0 spiro atoms. The zero-order valence-electron chi connectivity index (χ0n) is 10.7. The third-order valence-electron chi connectivity index (χ3n) is 3.00. The molecule has 0 radical (unpaired) electrons. The van der Waals surface area contributed by atoms with Crippen LogP contribution < -0.4 is 0 Å². The van der Waals surface area contributed by atoms with Crippen molar-refractivity contribution in [1.29, 1.82) is 0 Å². The maximum atomic E-state index is 9.19. The maximum Gasteiger partial charge on any atom is 0.115 e. The predicted octanol–water partition coefficient (Wildman–Crippen LogP) is 4.40. The average molecular weight is 220 g/mol. The van der Waals surface area contributed by atoms with Gasteiger partial charge in [-0.2, -0.15) is 0 Å². The van der Waals surface area contributed by atoms with E-state index < -0.39 is 0 Å². The second-order valence-corrected chi connectivity index (χ2v) is 5.30. The molecule has 0 aliphatic heterocycles. The van der Waals surface area contributed by atoms with Crippen LogP contribution in [0.15, 0.2) is 24.3 Å². The first-order chi connectivity index (χ1) is 7.58. The molecule has 0 aliphatic rings. The Morgan fingerprint density at radius 1 is 1.00 bits per heavy atom. The van der Waals surface area contributed by atoms with Crippen molar-refractivity contribution in [3.05, 3.63) is 29.8 Å². The summed E-state index contributed by atoms with van der Waals surface area (Å²) in [6, 6.07) is 7.59. The molecular weight excluding hydrogens is 196 g/mol. The maximum absolute atomic E-state index is 9.19. The molecule has 0 amide bonds. The highest BCUT2D eigenvalue weighted by Gasteiger charge is 2.04. The summed E-state index contributed by atoms with van der Waals surface area (Å²) < 4.78 is 0. The summed E-state index contributed by atoms with van der Waals surface area (Å²) in [5, 5.41) is 9.19. The van der Waals surface area contributed by atoms with Gasteiger partial charge < -0.3 is 5.11 Å². The summed E-state index contributed by atoms with van der Waals surface area (Å²) in [5.41, 5.74) is 1.33. The fraction of sp³-hybridized carbons (Fsp3) is 0.600. The zero-order chi connectivity index (χ0) is 12.0. The lowest BCUT2D eigenvalue weighted by atomic mass is 9.94. The van der Waals surface area contributed by atoms with Gasteiger partial charge in [-0.05, 0) is 36.0 Å². The molecule has 0 aromatic heterocycles. The van der Waals surface area contributed by atoms with E-state index in [4.69, 9.17) is 0 Å². The Kier molecular flexibility index (Phi) is 5.37. The molecule has 0 bridgehead atoms. The van der Waals surface area contributed by atoms with Gasteiger partial charge in [-0.3, -0.25) is 0 Å². The standard InChI is InChI=1S/C15H24O/c1-12(2)5-4-6-13(3)11-14-7-9-15(16)10-8-14/h7-10,12-13,16H,4-6,11H2,1-3H3/t13-/m0/s1. The fourth-order valence-electron chi connectivity index (χ4n) is 2.01. The van der Waals surface area contributed by atoms with Crippen LogP contribution in [-0.4, -0.2) is 5.11 Å². The summed E-state index contributed by atoms with van der Waals surface area (Å²) in [6.07, 6.45) is 5.09. The van der Waals surface area contributed by atoms with E-state index in [1.54, 1.807) is 12.1 Å². The highest BCUT2D eigenvalue weighted by molar-refractivity contribution is 5.26. The van der Waals surface area contributed by atoms with Gasteiger partial charge in [-0.15, -0.1) is 0 Å². The number of hydrogen-bond donors (Lipinski definition) is 1. The summed E-state index contributed by atoms with van der Waals surface area (Å²) >= 11 is 0. The molecule has 1 aromatic rings. The third kappa shape index (κ3) is 5.20. The van der Waals surface area contributed by atoms with Gasteiger partial charge in [0.1, 0.15) is 5.75 Å². The summed E-state index contributed by atoms with van der Waals surface area (Å²) in [6.45, 7) is 6.88. The van der Waals surface area contributed by atoms with Crippen LogP contribution in [0.4, 0.5) is 0 Å². The van der Waals surface area contributed by atoms with Gasteiger partial charge in [0.25, 0.3) is 0 Å². The second-order valence-electron chi connectivity index (χ2n) is 5.30. The molecule has 16 heavy (non-hydrogen) atoms. The van der Waals surface area contributed by atoms with E-state index in [9.17, 15) is 5.11 Å². The Hall–Kier alpha value is -0.980. The fourth-order valence-corrected chi connectivity index (χ4v) is 2.01.